The first-order chi connectivity index (χ1) is 8.52. The molecule has 0 atom stereocenters. The highest BCUT2D eigenvalue weighted by atomic mass is 16.5. The van der Waals surface area contributed by atoms with E-state index in [-0.39, 0.29) is 5.57 Å². The molecular formula is C14H13NO3. The Balaban J connectivity index is 2.80. The predicted octanol–water partition coefficient (Wildman–Crippen LogP) is 2.63. The van der Waals surface area contributed by atoms with Crippen LogP contribution in [0.3, 0.4) is 0 Å². The fourth-order valence-electron chi connectivity index (χ4n) is 1.18. The van der Waals surface area contributed by atoms with Crippen molar-refractivity contribution in [1.29, 1.82) is 5.26 Å². The first-order valence-electron chi connectivity index (χ1n) is 5.25. The molecular weight excluding hydrogens is 230 g/mol. The van der Waals surface area contributed by atoms with Crippen LogP contribution in [0.4, 0.5) is 0 Å². The average Bonchev–Trinajstić information content (AvgIpc) is 2.34. The molecule has 0 aliphatic heterocycles. The highest BCUT2D eigenvalue weighted by Gasteiger charge is 2.05. The average molecular weight is 243 g/mol. The molecule has 0 aliphatic carbocycles. The summed E-state index contributed by atoms with van der Waals surface area (Å²) in [5.74, 6) is -0.566. The summed E-state index contributed by atoms with van der Waals surface area (Å²) in [4.78, 5) is 10.7. The lowest BCUT2D eigenvalue weighted by Gasteiger charge is -2.05. The summed E-state index contributed by atoms with van der Waals surface area (Å²) in [7, 11) is 0. The second-order valence-corrected chi connectivity index (χ2v) is 3.79. The molecule has 4 heteroatoms. The maximum atomic E-state index is 10.7. The number of hydrogen-bond acceptors (Lipinski definition) is 3. The van der Waals surface area contributed by atoms with Crippen LogP contribution in [-0.4, -0.2) is 17.7 Å². The summed E-state index contributed by atoms with van der Waals surface area (Å²) < 4.78 is 5.40. The van der Waals surface area contributed by atoms with Gasteiger partial charge in [0.25, 0.3) is 0 Å². The molecule has 1 rings (SSSR count). The van der Waals surface area contributed by atoms with Gasteiger partial charge in [-0.1, -0.05) is 18.7 Å². The van der Waals surface area contributed by atoms with Crippen LogP contribution in [0, 0.1) is 11.3 Å². The first kappa shape index (κ1) is 13.5. The van der Waals surface area contributed by atoms with Crippen molar-refractivity contribution in [3.05, 3.63) is 47.6 Å². The Hall–Kier alpha value is -2.54. The van der Waals surface area contributed by atoms with E-state index in [0.29, 0.717) is 17.9 Å². The van der Waals surface area contributed by atoms with Gasteiger partial charge < -0.3 is 9.84 Å². The van der Waals surface area contributed by atoms with Gasteiger partial charge in [0.15, 0.2) is 0 Å². The van der Waals surface area contributed by atoms with Gasteiger partial charge in [-0.15, -0.1) is 0 Å². The van der Waals surface area contributed by atoms with Gasteiger partial charge in [-0.3, -0.25) is 0 Å². The second-order valence-electron chi connectivity index (χ2n) is 3.79. The zero-order valence-electron chi connectivity index (χ0n) is 10.0. The fraction of sp³-hybridized carbons (Fsp3) is 0.143. The molecule has 1 N–H and O–H groups in total. The maximum Gasteiger partial charge on any atom is 0.346 e. The lowest BCUT2D eigenvalue weighted by molar-refractivity contribution is -0.132. The van der Waals surface area contributed by atoms with E-state index in [2.05, 4.69) is 6.58 Å². The molecule has 0 aromatic heterocycles. The molecule has 0 bridgehead atoms. The van der Waals surface area contributed by atoms with Gasteiger partial charge in [-0.25, -0.2) is 4.79 Å². The fourth-order valence-corrected chi connectivity index (χ4v) is 1.18. The molecule has 1 aromatic rings. The van der Waals surface area contributed by atoms with Crippen molar-refractivity contribution in [2.45, 2.75) is 6.92 Å². The number of rotatable bonds is 5. The van der Waals surface area contributed by atoms with Crippen molar-refractivity contribution in [1.82, 2.24) is 0 Å². The van der Waals surface area contributed by atoms with E-state index >= 15 is 0 Å². The van der Waals surface area contributed by atoms with E-state index in [1.54, 1.807) is 30.3 Å². The van der Waals surface area contributed by atoms with Gasteiger partial charge in [0.2, 0.25) is 0 Å². The summed E-state index contributed by atoms with van der Waals surface area (Å²) in [6.07, 6.45) is 1.31. The van der Waals surface area contributed by atoms with Crippen molar-refractivity contribution < 1.29 is 14.6 Å². The molecule has 0 heterocycles. The molecule has 0 spiro atoms. The lowest BCUT2D eigenvalue weighted by Crippen LogP contribution is -1.98. The standard InChI is InChI=1S/C14H13NO3/c1-10(2)9-18-13-5-3-11(4-6-13)7-12(8-15)14(16)17/h3-7H,1,9H2,2H3,(H,16,17)/b12-7+. The van der Waals surface area contributed by atoms with Crippen LogP contribution in [-0.2, 0) is 4.79 Å². The molecule has 0 saturated heterocycles. The summed E-state index contributed by atoms with van der Waals surface area (Å²) in [5.41, 5.74) is 1.25. The smallest absolute Gasteiger partial charge is 0.346 e. The lowest BCUT2D eigenvalue weighted by atomic mass is 10.1. The Kier molecular flexibility index (Phi) is 4.70. The Morgan fingerprint density at radius 3 is 2.56 bits per heavy atom. The Morgan fingerprint density at radius 1 is 1.50 bits per heavy atom. The highest BCUT2D eigenvalue weighted by molar-refractivity contribution is 5.96. The molecule has 0 unspecified atom stereocenters. The Labute approximate surface area is 105 Å². The summed E-state index contributed by atoms with van der Waals surface area (Å²) in [5, 5.41) is 17.3. The van der Waals surface area contributed by atoms with Crippen molar-refractivity contribution in [2.24, 2.45) is 0 Å². The largest absolute Gasteiger partial charge is 0.489 e. The first-order valence-corrected chi connectivity index (χ1v) is 5.25. The zero-order valence-corrected chi connectivity index (χ0v) is 10.0. The van der Waals surface area contributed by atoms with E-state index in [9.17, 15) is 4.79 Å². The molecule has 0 saturated carbocycles. The van der Waals surface area contributed by atoms with E-state index in [4.69, 9.17) is 15.1 Å². The number of nitriles is 1. The molecule has 1 aromatic carbocycles. The number of aliphatic carboxylic acids is 1. The molecule has 0 fully saturated rings. The van der Waals surface area contributed by atoms with E-state index < -0.39 is 5.97 Å². The normalized spacial score (nSPS) is 10.6. The molecule has 0 aliphatic rings. The van der Waals surface area contributed by atoms with Crippen molar-refractivity contribution in [3.63, 3.8) is 0 Å². The van der Waals surface area contributed by atoms with Gasteiger partial charge in [-0.05, 0) is 36.3 Å². The third-order valence-corrected chi connectivity index (χ3v) is 2.03. The number of carboxylic acids is 1. The van der Waals surface area contributed by atoms with E-state index in [1.807, 2.05) is 6.92 Å². The highest BCUT2D eigenvalue weighted by Crippen LogP contribution is 2.15. The minimum absolute atomic E-state index is 0.300. The summed E-state index contributed by atoms with van der Waals surface area (Å²) in [6.45, 7) is 6.02. The minimum Gasteiger partial charge on any atom is -0.489 e. The number of benzene rings is 1. The van der Waals surface area contributed by atoms with Crippen LogP contribution in [0.15, 0.2) is 42.0 Å². The van der Waals surface area contributed by atoms with Crippen molar-refractivity contribution in [3.8, 4) is 11.8 Å². The molecule has 92 valence electrons. The SMILES string of the molecule is C=C(C)COc1ccc(/C=C(\C#N)C(=O)O)cc1. The number of carbonyl (C=O) groups is 1. The molecule has 0 radical (unpaired) electrons. The zero-order chi connectivity index (χ0) is 13.5. The number of carboxylic acid groups (broad SMARTS) is 1. The Morgan fingerprint density at radius 2 is 2.11 bits per heavy atom. The Bertz CT molecular complexity index is 521. The summed E-state index contributed by atoms with van der Waals surface area (Å²) >= 11 is 0. The van der Waals surface area contributed by atoms with Crippen molar-refractivity contribution in [2.75, 3.05) is 6.61 Å². The van der Waals surface area contributed by atoms with Gasteiger partial charge in [0, 0.05) is 0 Å². The molecule has 18 heavy (non-hydrogen) atoms. The van der Waals surface area contributed by atoms with Gasteiger partial charge in [-0.2, -0.15) is 5.26 Å². The van der Waals surface area contributed by atoms with Crippen molar-refractivity contribution >= 4 is 12.0 Å². The minimum atomic E-state index is -1.24. The topological polar surface area (TPSA) is 70.3 Å². The van der Waals surface area contributed by atoms with Gasteiger partial charge in [0.1, 0.15) is 24.0 Å². The van der Waals surface area contributed by atoms with Crippen LogP contribution >= 0.6 is 0 Å². The van der Waals surface area contributed by atoms with Gasteiger partial charge >= 0.3 is 5.97 Å². The van der Waals surface area contributed by atoms with Crippen LogP contribution in [0.5, 0.6) is 5.75 Å². The number of nitrogens with zero attached hydrogens (tertiary/aromatic N) is 1. The molecule has 4 nitrogen and oxygen atoms in total. The van der Waals surface area contributed by atoms with E-state index in [1.165, 1.54) is 6.08 Å². The van der Waals surface area contributed by atoms with Gasteiger partial charge in [0.05, 0.1) is 0 Å². The quantitative estimate of drug-likeness (QED) is 0.490. The second kappa shape index (κ2) is 6.26. The third-order valence-electron chi connectivity index (χ3n) is 2.03. The third kappa shape index (κ3) is 4.14. The van der Waals surface area contributed by atoms with E-state index in [0.717, 1.165) is 5.57 Å². The maximum absolute atomic E-state index is 10.7. The van der Waals surface area contributed by atoms with Crippen LogP contribution in [0.25, 0.3) is 6.08 Å². The van der Waals surface area contributed by atoms with Crippen LogP contribution < -0.4 is 4.74 Å². The number of hydrogen-bond donors (Lipinski definition) is 1. The monoisotopic (exact) mass is 243 g/mol. The van der Waals surface area contributed by atoms with Crippen LogP contribution in [0.1, 0.15) is 12.5 Å². The number of ether oxygens (including phenoxy) is 1. The molecule has 0 amide bonds. The van der Waals surface area contributed by atoms with Crippen LogP contribution in [0.2, 0.25) is 0 Å². The predicted molar refractivity (Wildman–Crippen MR) is 68.0 cm³/mol. The summed E-state index contributed by atoms with van der Waals surface area (Å²) in [6, 6.07) is 8.43.